The number of nitrogens with zero attached hydrogens (tertiary/aromatic N) is 1. The lowest BCUT2D eigenvalue weighted by Gasteiger charge is -2.41. The molecule has 0 aromatic heterocycles. The molecule has 0 radical (unpaired) electrons. The summed E-state index contributed by atoms with van der Waals surface area (Å²) in [5.41, 5.74) is -0.390. The molecule has 0 aliphatic carbocycles. The van der Waals surface area contributed by atoms with Gasteiger partial charge in [-0.25, -0.2) is 9.59 Å². The van der Waals surface area contributed by atoms with Crippen molar-refractivity contribution >= 4 is 12.1 Å². The van der Waals surface area contributed by atoms with Crippen LogP contribution in [-0.4, -0.2) is 47.2 Å². The highest BCUT2D eigenvalue weighted by Crippen LogP contribution is 2.26. The number of alkyl carbamates (subject to hydrolysis) is 1. The molecule has 22 heavy (non-hydrogen) atoms. The van der Waals surface area contributed by atoms with E-state index in [1.165, 1.54) is 0 Å². The van der Waals surface area contributed by atoms with Gasteiger partial charge in [0, 0.05) is 12.6 Å². The van der Waals surface area contributed by atoms with Crippen molar-refractivity contribution < 1.29 is 19.4 Å². The molecular formula is C16H22N2O4. The first kappa shape index (κ1) is 16.3. The van der Waals surface area contributed by atoms with Crippen LogP contribution in [0.1, 0.15) is 25.3 Å². The van der Waals surface area contributed by atoms with Crippen LogP contribution < -0.4 is 5.32 Å². The maximum Gasteiger partial charge on any atom is 0.408 e. The number of carbonyl (C=O) groups is 2. The van der Waals surface area contributed by atoms with Gasteiger partial charge in [-0.1, -0.05) is 30.3 Å². The van der Waals surface area contributed by atoms with Crippen molar-refractivity contribution in [3.8, 4) is 0 Å². The molecule has 1 amide bonds. The van der Waals surface area contributed by atoms with Gasteiger partial charge in [-0.15, -0.1) is 0 Å². The maximum absolute atomic E-state index is 12.0. The molecule has 1 saturated heterocycles. The summed E-state index contributed by atoms with van der Waals surface area (Å²) in [6.45, 7) is 2.69. The van der Waals surface area contributed by atoms with Crippen molar-refractivity contribution in [3.05, 3.63) is 35.9 Å². The fraction of sp³-hybridized carbons (Fsp3) is 0.500. The Labute approximate surface area is 130 Å². The average molecular weight is 306 g/mol. The van der Waals surface area contributed by atoms with E-state index in [0.29, 0.717) is 19.4 Å². The van der Waals surface area contributed by atoms with Gasteiger partial charge < -0.3 is 20.1 Å². The number of benzene rings is 1. The molecule has 1 fully saturated rings. The van der Waals surface area contributed by atoms with Gasteiger partial charge in [0.15, 0.2) is 0 Å². The minimum atomic E-state index is -1.25. The maximum atomic E-state index is 12.0. The van der Waals surface area contributed by atoms with Crippen molar-refractivity contribution in [2.24, 2.45) is 0 Å². The Balaban J connectivity index is 1.96. The van der Waals surface area contributed by atoms with E-state index in [1.807, 2.05) is 44.3 Å². The van der Waals surface area contributed by atoms with Crippen molar-refractivity contribution in [3.63, 3.8) is 0 Å². The number of carbonyl (C=O) groups excluding carboxylic acids is 1. The van der Waals surface area contributed by atoms with Crippen LogP contribution in [0.25, 0.3) is 0 Å². The summed E-state index contributed by atoms with van der Waals surface area (Å²) in [5.74, 6) is -1.01. The number of amides is 1. The van der Waals surface area contributed by atoms with Gasteiger partial charge in [0.05, 0.1) is 0 Å². The van der Waals surface area contributed by atoms with Gasteiger partial charge in [-0.2, -0.15) is 0 Å². The lowest BCUT2D eigenvalue weighted by Crippen LogP contribution is -2.61. The van der Waals surface area contributed by atoms with Crippen LogP contribution in [-0.2, 0) is 16.1 Å². The number of carboxylic acids is 1. The molecule has 6 heteroatoms. The summed E-state index contributed by atoms with van der Waals surface area (Å²) in [7, 11) is 1.95. The first-order valence-electron chi connectivity index (χ1n) is 7.35. The molecule has 0 bridgehead atoms. The van der Waals surface area contributed by atoms with Gasteiger partial charge >= 0.3 is 12.1 Å². The van der Waals surface area contributed by atoms with E-state index in [4.69, 9.17) is 4.74 Å². The van der Waals surface area contributed by atoms with Gasteiger partial charge in [0.25, 0.3) is 0 Å². The van der Waals surface area contributed by atoms with Crippen LogP contribution in [0, 0.1) is 0 Å². The number of rotatable bonds is 4. The summed E-state index contributed by atoms with van der Waals surface area (Å²) < 4.78 is 5.14. The van der Waals surface area contributed by atoms with E-state index in [1.54, 1.807) is 0 Å². The molecule has 2 atom stereocenters. The summed E-state index contributed by atoms with van der Waals surface area (Å²) in [5, 5.41) is 12.1. The van der Waals surface area contributed by atoms with Crippen molar-refractivity contribution in [1.29, 1.82) is 0 Å². The van der Waals surface area contributed by atoms with Crippen LogP contribution in [0.2, 0.25) is 0 Å². The predicted octanol–water partition coefficient (Wildman–Crippen LogP) is 1.85. The summed E-state index contributed by atoms with van der Waals surface area (Å²) in [6, 6.07) is 9.36. The Morgan fingerprint density at radius 2 is 2.09 bits per heavy atom. The third-order valence-electron chi connectivity index (χ3n) is 4.25. The smallest absolute Gasteiger partial charge is 0.408 e. The van der Waals surface area contributed by atoms with E-state index in [0.717, 1.165) is 5.56 Å². The fourth-order valence-electron chi connectivity index (χ4n) is 2.67. The zero-order valence-electron chi connectivity index (χ0n) is 12.9. The first-order chi connectivity index (χ1) is 10.4. The number of hydrogen-bond donors (Lipinski definition) is 2. The lowest BCUT2D eigenvalue weighted by atomic mass is 9.84. The highest BCUT2D eigenvalue weighted by Gasteiger charge is 2.45. The molecule has 1 aromatic carbocycles. The third-order valence-corrected chi connectivity index (χ3v) is 4.25. The fourth-order valence-corrected chi connectivity index (χ4v) is 2.67. The zero-order chi connectivity index (χ0) is 16.2. The number of piperidine rings is 1. The third kappa shape index (κ3) is 3.76. The zero-order valence-corrected chi connectivity index (χ0v) is 12.9. The van der Waals surface area contributed by atoms with Gasteiger partial charge in [0.1, 0.15) is 12.1 Å². The molecule has 120 valence electrons. The quantitative estimate of drug-likeness (QED) is 0.887. The van der Waals surface area contributed by atoms with Crippen molar-refractivity contribution in [1.82, 2.24) is 10.2 Å². The molecular weight excluding hydrogens is 284 g/mol. The number of likely N-dealkylation sites (tertiary alicyclic amines) is 1. The molecule has 1 aliphatic rings. The summed E-state index contributed by atoms with van der Waals surface area (Å²) >= 11 is 0. The Bertz CT molecular complexity index is 534. The molecule has 1 aliphatic heterocycles. The lowest BCUT2D eigenvalue weighted by molar-refractivity contribution is -0.147. The predicted molar refractivity (Wildman–Crippen MR) is 81.5 cm³/mol. The van der Waals surface area contributed by atoms with Crippen LogP contribution >= 0.6 is 0 Å². The highest BCUT2D eigenvalue weighted by molar-refractivity contribution is 5.84. The molecule has 2 N–H and O–H groups in total. The van der Waals surface area contributed by atoms with Crippen LogP contribution in [0.5, 0.6) is 0 Å². The van der Waals surface area contributed by atoms with E-state index in [-0.39, 0.29) is 12.6 Å². The monoisotopic (exact) mass is 306 g/mol. The topological polar surface area (TPSA) is 78.9 Å². The molecule has 1 heterocycles. The number of aliphatic carboxylic acids is 1. The number of ether oxygens (including phenoxy) is 1. The minimum absolute atomic E-state index is 0.0827. The van der Waals surface area contributed by atoms with Crippen LogP contribution in [0.15, 0.2) is 30.3 Å². The molecule has 2 rings (SSSR count). The van der Waals surface area contributed by atoms with Crippen molar-refractivity contribution in [2.45, 2.75) is 38.0 Å². The minimum Gasteiger partial charge on any atom is -0.480 e. The van der Waals surface area contributed by atoms with Crippen LogP contribution in [0.3, 0.4) is 0 Å². The second-order valence-corrected chi connectivity index (χ2v) is 5.86. The van der Waals surface area contributed by atoms with Gasteiger partial charge in [0.2, 0.25) is 0 Å². The SMILES string of the molecule is CC1CC(NC(=O)OCc2ccccc2)(C(=O)O)CCN1C. The summed E-state index contributed by atoms with van der Waals surface area (Å²) in [4.78, 5) is 25.7. The number of carboxylic acid groups (broad SMARTS) is 1. The second-order valence-electron chi connectivity index (χ2n) is 5.86. The van der Waals surface area contributed by atoms with E-state index in [2.05, 4.69) is 10.2 Å². The standard InChI is InChI=1S/C16H22N2O4/c1-12-10-16(14(19)20,8-9-18(12)2)17-15(21)22-11-13-6-4-3-5-7-13/h3-7,12H,8-11H2,1-2H3,(H,17,21)(H,19,20). The largest absolute Gasteiger partial charge is 0.480 e. The number of nitrogens with one attached hydrogen (secondary N) is 1. The molecule has 0 saturated carbocycles. The number of hydrogen-bond acceptors (Lipinski definition) is 4. The molecule has 1 aromatic rings. The Morgan fingerprint density at radius 1 is 1.41 bits per heavy atom. The molecule has 0 spiro atoms. The van der Waals surface area contributed by atoms with E-state index < -0.39 is 17.6 Å². The Hall–Kier alpha value is -2.08. The summed E-state index contributed by atoms with van der Waals surface area (Å²) in [6.07, 6.45) is 0.0334. The van der Waals surface area contributed by atoms with E-state index >= 15 is 0 Å². The van der Waals surface area contributed by atoms with Gasteiger partial charge in [-0.05, 0) is 32.4 Å². The first-order valence-corrected chi connectivity index (χ1v) is 7.35. The molecule has 6 nitrogen and oxygen atoms in total. The normalized spacial score (nSPS) is 25.5. The Morgan fingerprint density at radius 3 is 2.68 bits per heavy atom. The average Bonchev–Trinajstić information content (AvgIpc) is 2.50. The van der Waals surface area contributed by atoms with E-state index in [9.17, 15) is 14.7 Å². The second kappa shape index (κ2) is 6.79. The van der Waals surface area contributed by atoms with Crippen LogP contribution in [0.4, 0.5) is 4.79 Å². The Kier molecular flexibility index (Phi) is 5.03. The van der Waals surface area contributed by atoms with Crippen molar-refractivity contribution in [2.75, 3.05) is 13.6 Å². The highest BCUT2D eigenvalue weighted by atomic mass is 16.5. The van der Waals surface area contributed by atoms with Gasteiger partial charge in [-0.3, -0.25) is 0 Å². The molecule has 2 unspecified atom stereocenters.